The Hall–Kier alpha value is -1.17. The smallest absolute Gasteiger partial charge is 0.151 e. The lowest BCUT2D eigenvalue weighted by Gasteiger charge is -2.06. The van der Waals surface area contributed by atoms with Crippen molar-refractivity contribution in [1.29, 1.82) is 0 Å². The van der Waals surface area contributed by atoms with Crippen molar-refractivity contribution in [2.45, 2.75) is 6.54 Å². The van der Waals surface area contributed by atoms with Gasteiger partial charge in [-0.05, 0) is 6.07 Å². The van der Waals surface area contributed by atoms with E-state index in [2.05, 4.69) is 0 Å². The number of aldehydes is 1. The van der Waals surface area contributed by atoms with Gasteiger partial charge in [-0.2, -0.15) is 0 Å². The highest BCUT2D eigenvalue weighted by atomic mass is 16.5. The lowest BCUT2D eigenvalue weighted by Crippen LogP contribution is -2.11. The van der Waals surface area contributed by atoms with E-state index in [0.29, 0.717) is 38.6 Å². The molecule has 5 nitrogen and oxygen atoms in total. The van der Waals surface area contributed by atoms with Gasteiger partial charge in [0.2, 0.25) is 0 Å². The summed E-state index contributed by atoms with van der Waals surface area (Å²) in [4.78, 5) is 10.4. The van der Waals surface area contributed by atoms with Crippen LogP contribution in [0.4, 0.5) is 0 Å². The maximum absolute atomic E-state index is 10.4. The van der Waals surface area contributed by atoms with Crippen molar-refractivity contribution in [2.75, 3.05) is 40.1 Å². The van der Waals surface area contributed by atoms with E-state index < -0.39 is 0 Å². The van der Waals surface area contributed by atoms with Crippen molar-refractivity contribution in [2.24, 2.45) is 0 Å². The zero-order valence-corrected chi connectivity index (χ0v) is 10.1. The Kier molecular flexibility index (Phi) is 7.29. The molecule has 0 fully saturated rings. The van der Waals surface area contributed by atoms with Crippen LogP contribution in [0.25, 0.3) is 0 Å². The van der Waals surface area contributed by atoms with Crippen molar-refractivity contribution in [1.82, 2.24) is 4.57 Å². The fourth-order valence-electron chi connectivity index (χ4n) is 1.30. The Balaban J connectivity index is 1.95. The van der Waals surface area contributed by atoms with Crippen LogP contribution in [-0.4, -0.2) is 51.0 Å². The maximum atomic E-state index is 10.4. The number of hydrogen-bond donors (Lipinski definition) is 0. The number of hydrogen-bond acceptors (Lipinski definition) is 4. The predicted octanol–water partition coefficient (Wildman–Crippen LogP) is 0.980. The molecule has 0 unspecified atom stereocenters. The number of carbonyl (C=O) groups excluding carboxylic acids is 1. The van der Waals surface area contributed by atoms with Gasteiger partial charge in [0.15, 0.2) is 6.29 Å². The summed E-state index contributed by atoms with van der Waals surface area (Å²) in [6.07, 6.45) is 4.49. The molecule has 0 aliphatic carbocycles. The molecule has 0 aliphatic rings. The fourth-order valence-corrected chi connectivity index (χ4v) is 1.30. The molecule has 1 aromatic rings. The van der Waals surface area contributed by atoms with Gasteiger partial charge in [0.25, 0.3) is 0 Å². The standard InChI is InChI=1S/C12H19NO4/c1-15-6-7-17-9-8-16-5-4-13-3-2-12(10-13)11-14/h2-3,10-11H,4-9H2,1H3. The zero-order valence-electron chi connectivity index (χ0n) is 10.1. The molecule has 96 valence electrons. The molecule has 1 heterocycles. The number of rotatable bonds is 10. The van der Waals surface area contributed by atoms with Crippen LogP contribution in [0.5, 0.6) is 0 Å². The SMILES string of the molecule is COCCOCCOCCn1ccc(C=O)c1. The van der Waals surface area contributed by atoms with Gasteiger partial charge in [0.05, 0.1) is 33.0 Å². The first-order chi connectivity index (χ1) is 8.36. The second-order valence-electron chi connectivity index (χ2n) is 3.52. The average Bonchev–Trinajstić information content (AvgIpc) is 2.80. The monoisotopic (exact) mass is 241 g/mol. The summed E-state index contributed by atoms with van der Waals surface area (Å²) in [6.45, 7) is 3.71. The first-order valence-electron chi connectivity index (χ1n) is 5.62. The van der Waals surface area contributed by atoms with Crippen LogP contribution >= 0.6 is 0 Å². The number of aromatic nitrogens is 1. The molecular weight excluding hydrogens is 222 g/mol. The minimum atomic E-state index is 0.575. The molecule has 5 heteroatoms. The molecule has 1 aromatic heterocycles. The van der Waals surface area contributed by atoms with Gasteiger partial charge in [-0.15, -0.1) is 0 Å². The normalized spacial score (nSPS) is 10.6. The Morgan fingerprint density at radius 2 is 1.88 bits per heavy atom. The third kappa shape index (κ3) is 6.21. The van der Waals surface area contributed by atoms with E-state index in [-0.39, 0.29) is 0 Å². The summed E-state index contributed by atoms with van der Waals surface area (Å²) in [5.74, 6) is 0. The summed E-state index contributed by atoms with van der Waals surface area (Å²) in [6, 6.07) is 1.78. The number of nitrogens with zero attached hydrogens (tertiary/aromatic N) is 1. The number of carbonyl (C=O) groups is 1. The summed E-state index contributed by atoms with van der Waals surface area (Å²) in [7, 11) is 1.64. The minimum absolute atomic E-state index is 0.575. The van der Waals surface area contributed by atoms with Gasteiger partial charge in [-0.1, -0.05) is 0 Å². The number of ether oxygens (including phenoxy) is 3. The third-order valence-electron chi connectivity index (χ3n) is 2.21. The molecule has 0 saturated heterocycles. The minimum Gasteiger partial charge on any atom is -0.382 e. The van der Waals surface area contributed by atoms with Crippen molar-refractivity contribution in [3.63, 3.8) is 0 Å². The Morgan fingerprint density at radius 3 is 2.53 bits per heavy atom. The van der Waals surface area contributed by atoms with Crippen LogP contribution < -0.4 is 0 Å². The summed E-state index contributed by atoms with van der Waals surface area (Å²) in [5.41, 5.74) is 0.688. The molecular formula is C12H19NO4. The van der Waals surface area contributed by atoms with E-state index in [1.165, 1.54) is 0 Å². The first-order valence-corrected chi connectivity index (χ1v) is 5.62. The highest BCUT2D eigenvalue weighted by Gasteiger charge is 1.95. The number of methoxy groups -OCH3 is 1. The average molecular weight is 241 g/mol. The largest absolute Gasteiger partial charge is 0.382 e. The van der Waals surface area contributed by atoms with E-state index in [0.717, 1.165) is 12.8 Å². The Labute approximate surface area is 101 Å². The molecule has 0 saturated carbocycles. The lowest BCUT2D eigenvalue weighted by molar-refractivity contribution is 0.0230. The van der Waals surface area contributed by atoms with E-state index in [1.54, 1.807) is 19.4 Å². The Morgan fingerprint density at radius 1 is 1.18 bits per heavy atom. The van der Waals surface area contributed by atoms with Crippen LogP contribution in [0.15, 0.2) is 18.5 Å². The van der Waals surface area contributed by atoms with E-state index in [1.807, 2.05) is 10.8 Å². The highest BCUT2D eigenvalue weighted by molar-refractivity contribution is 5.74. The molecule has 1 rings (SSSR count). The molecule has 0 amide bonds. The van der Waals surface area contributed by atoms with E-state index in [9.17, 15) is 4.79 Å². The van der Waals surface area contributed by atoms with Crippen LogP contribution in [-0.2, 0) is 20.8 Å². The van der Waals surface area contributed by atoms with Crippen molar-refractivity contribution < 1.29 is 19.0 Å². The van der Waals surface area contributed by atoms with Gasteiger partial charge in [0, 0.05) is 31.6 Å². The van der Waals surface area contributed by atoms with Gasteiger partial charge < -0.3 is 18.8 Å². The van der Waals surface area contributed by atoms with E-state index in [4.69, 9.17) is 14.2 Å². The second-order valence-corrected chi connectivity index (χ2v) is 3.52. The van der Waals surface area contributed by atoms with Gasteiger partial charge in [-0.3, -0.25) is 4.79 Å². The van der Waals surface area contributed by atoms with Crippen molar-refractivity contribution >= 4 is 6.29 Å². The summed E-state index contributed by atoms with van der Waals surface area (Å²) >= 11 is 0. The highest BCUT2D eigenvalue weighted by Crippen LogP contribution is 1.97. The molecule has 0 aromatic carbocycles. The lowest BCUT2D eigenvalue weighted by atomic mass is 10.4. The predicted molar refractivity (Wildman–Crippen MR) is 63.3 cm³/mol. The quantitative estimate of drug-likeness (QED) is 0.452. The van der Waals surface area contributed by atoms with Crippen LogP contribution in [0.3, 0.4) is 0 Å². The van der Waals surface area contributed by atoms with Crippen LogP contribution in [0, 0.1) is 0 Å². The molecule has 17 heavy (non-hydrogen) atoms. The fraction of sp³-hybridized carbons (Fsp3) is 0.583. The topological polar surface area (TPSA) is 49.7 Å². The van der Waals surface area contributed by atoms with Gasteiger partial charge in [-0.25, -0.2) is 0 Å². The molecule has 0 aliphatic heterocycles. The van der Waals surface area contributed by atoms with Crippen molar-refractivity contribution in [3.8, 4) is 0 Å². The summed E-state index contributed by atoms with van der Waals surface area (Å²) in [5, 5.41) is 0. The van der Waals surface area contributed by atoms with Crippen LogP contribution in [0.2, 0.25) is 0 Å². The van der Waals surface area contributed by atoms with E-state index >= 15 is 0 Å². The molecule has 0 N–H and O–H groups in total. The van der Waals surface area contributed by atoms with Gasteiger partial charge >= 0.3 is 0 Å². The van der Waals surface area contributed by atoms with Crippen LogP contribution in [0.1, 0.15) is 10.4 Å². The first kappa shape index (κ1) is 13.9. The molecule has 0 atom stereocenters. The summed E-state index contributed by atoms with van der Waals surface area (Å²) < 4.78 is 17.4. The molecule has 0 spiro atoms. The molecule has 0 radical (unpaired) electrons. The van der Waals surface area contributed by atoms with Gasteiger partial charge in [0.1, 0.15) is 0 Å². The zero-order chi connectivity index (χ0) is 12.3. The van der Waals surface area contributed by atoms with Crippen molar-refractivity contribution in [3.05, 3.63) is 24.0 Å². The second kappa shape index (κ2) is 8.92. The maximum Gasteiger partial charge on any atom is 0.151 e. The third-order valence-corrected chi connectivity index (χ3v) is 2.21. The Bertz CT molecular complexity index is 311. The molecule has 0 bridgehead atoms.